The maximum Gasteiger partial charge on any atom is 0.433 e. The molecule has 0 atom stereocenters. The molecule has 0 bridgehead atoms. The van der Waals surface area contributed by atoms with Gasteiger partial charge in [0.1, 0.15) is 17.6 Å². The first-order valence-corrected chi connectivity index (χ1v) is 6.73. The second kappa shape index (κ2) is 5.90. The third-order valence-corrected chi connectivity index (χ3v) is 3.99. The van der Waals surface area contributed by atoms with Crippen LogP contribution in [0.2, 0.25) is 0 Å². The molecule has 0 saturated heterocycles. The third kappa shape index (κ3) is 3.45. The Labute approximate surface area is 120 Å². The quantitative estimate of drug-likeness (QED) is 0.877. The summed E-state index contributed by atoms with van der Waals surface area (Å²) in [6.07, 6.45) is -1.06. The van der Waals surface area contributed by atoms with Gasteiger partial charge in [0.2, 0.25) is 0 Å². The number of halogens is 3. The molecular formula is C14H16F3N3O. The summed E-state index contributed by atoms with van der Waals surface area (Å²) in [6.45, 7) is 0.458. The summed E-state index contributed by atoms with van der Waals surface area (Å²) >= 11 is 0. The van der Waals surface area contributed by atoms with Crippen LogP contribution in [0.1, 0.15) is 36.9 Å². The highest BCUT2D eigenvalue weighted by Crippen LogP contribution is 2.43. The van der Waals surface area contributed by atoms with Crippen molar-refractivity contribution in [3.05, 3.63) is 23.4 Å². The summed E-state index contributed by atoms with van der Waals surface area (Å²) in [5, 5.41) is 20.9. The van der Waals surface area contributed by atoms with Crippen LogP contribution in [-0.2, 0) is 6.18 Å². The number of pyridine rings is 1. The largest absolute Gasteiger partial charge is 0.433 e. The molecule has 21 heavy (non-hydrogen) atoms. The van der Waals surface area contributed by atoms with Crippen molar-refractivity contribution in [2.75, 3.05) is 18.5 Å². The highest BCUT2D eigenvalue weighted by Gasteiger charge is 2.37. The Hall–Kier alpha value is -1.81. The summed E-state index contributed by atoms with van der Waals surface area (Å²) in [5.41, 5.74) is -1.03. The van der Waals surface area contributed by atoms with Gasteiger partial charge < -0.3 is 10.4 Å². The summed E-state index contributed by atoms with van der Waals surface area (Å²) < 4.78 is 38.0. The lowest BCUT2D eigenvalue weighted by atomic mass is 9.67. The van der Waals surface area contributed by atoms with Crippen molar-refractivity contribution in [3.8, 4) is 6.07 Å². The van der Waals surface area contributed by atoms with Gasteiger partial charge in [0.05, 0.1) is 5.56 Å². The van der Waals surface area contributed by atoms with Crippen LogP contribution >= 0.6 is 0 Å². The zero-order valence-corrected chi connectivity index (χ0v) is 11.4. The van der Waals surface area contributed by atoms with Gasteiger partial charge >= 0.3 is 6.18 Å². The third-order valence-electron chi connectivity index (χ3n) is 3.99. The first-order chi connectivity index (χ1) is 9.90. The van der Waals surface area contributed by atoms with Crippen LogP contribution in [-0.4, -0.2) is 23.2 Å². The minimum Gasteiger partial charge on any atom is -0.396 e. The number of alkyl halides is 3. The summed E-state index contributed by atoms with van der Waals surface area (Å²) in [5.74, 6) is -0.0449. The fraction of sp³-hybridized carbons (Fsp3) is 0.571. The zero-order chi connectivity index (χ0) is 15.5. The van der Waals surface area contributed by atoms with E-state index in [4.69, 9.17) is 10.4 Å². The van der Waals surface area contributed by atoms with Crippen LogP contribution < -0.4 is 5.32 Å². The Balaban J connectivity index is 2.16. The van der Waals surface area contributed by atoms with E-state index in [1.54, 1.807) is 0 Å². The minimum atomic E-state index is -4.54. The molecule has 2 rings (SSSR count). The number of aromatic nitrogens is 1. The van der Waals surface area contributed by atoms with Gasteiger partial charge in [0.15, 0.2) is 0 Å². The standard InChI is InChI=1S/C14H16F3N3O/c15-14(16,17)11-3-2-10(8-18)12(20-11)19-9-13(6-7-21)4-1-5-13/h2-3,21H,1,4-7,9H2,(H,19,20). The molecular weight excluding hydrogens is 283 g/mol. The number of hydrogen-bond acceptors (Lipinski definition) is 4. The van der Waals surface area contributed by atoms with Gasteiger partial charge in [-0.05, 0) is 36.8 Å². The van der Waals surface area contributed by atoms with Crippen molar-refractivity contribution in [1.29, 1.82) is 5.26 Å². The Bertz CT molecular complexity index is 547. The molecule has 0 amide bonds. The van der Waals surface area contributed by atoms with Crippen LogP contribution in [0.4, 0.5) is 19.0 Å². The van der Waals surface area contributed by atoms with Crippen molar-refractivity contribution >= 4 is 5.82 Å². The molecule has 0 radical (unpaired) electrons. The molecule has 1 aromatic heterocycles. The van der Waals surface area contributed by atoms with Gasteiger partial charge in [-0.15, -0.1) is 0 Å². The van der Waals surface area contributed by atoms with E-state index in [1.165, 1.54) is 0 Å². The van der Waals surface area contributed by atoms with E-state index >= 15 is 0 Å². The lowest BCUT2D eigenvalue weighted by Gasteiger charge is -2.42. The molecule has 7 heteroatoms. The van der Waals surface area contributed by atoms with Crippen LogP contribution in [0.15, 0.2) is 12.1 Å². The minimum absolute atomic E-state index is 0.0445. The monoisotopic (exact) mass is 299 g/mol. The van der Waals surface area contributed by atoms with E-state index in [2.05, 4.69) is 10.3 Å². The predicted molar refractivity (Wildman–Crippen MR) is 70.4 cm³/mol. The Kier molecular flexibility index (Phi) is 4.37. The Morgan fingerprint density at radius 1 is 1.38 bits per heavy atom. The lowest BCUT2D eigenvalue weighted by molar-refractivity contribution is -0.141. The molecule has 0 unspecified atom stereocenters. The summed E-state index contributed by atoms with van der Waals surface area (Å²) in [6, 6.07) is 3.76. The Morgan fingerprint density at radius 2 is 2.10 bits per heavy atom. The van der Waals surface area contributed by atoms with E-state index in [9.17, 15) is 13.2 Å². The first kappa shape index (κ1) is 15.6. The SMILES string of the molecule is N#Cc1ccc(C(F)(F)F)nc1NCC1(CCO)CCC1. The van der Waals surface area contributed by atoms with Crippen LogP contribution in [0, 0.1) is 16.7 Å². The van der Waals surface area contributed by atoms with Gasteiger partial charge in [-0.25, -0.2) is 4.98 Å². The second-order valence-corrected chi connectivity index (χ2v) is 5.38. The van der Waals surface area contributed by atoms with Crippen molar-refractivity contribution in [2.45, 2.75) is 31.9 Å². The fourth-order valence-electron chi connectivity index (χ4n) is 2.54. The van der Waals surface area contributed by atoms with Crippen molar-refractivity contribution < 1.29 is 18.3 Å². The average molecular weight is 299 g/mol. The van der Waals surface area contributed by atoms with E-state index < -0.39 is 11.9 Å². The smallest absolute Gasteiger partial charge is 0.396 e. The molecule has 1 fully saturated rings. The van der Waals surface area contributed by atoms with Crippen LogP contribution in [0.25, 0.3) is 0 Å². The van der Waals surface area contributed by atoms with Gasteiger partial charge in [0.25, 0.3) is 0 Å². The number of nitrogens with one attached hydrogen (secondary N) is 1. The van der Waals surface area contributed by atoms with Gasteiger partial charge in [-0.2, -0.15) is 18.4 Å². The number of nitrogens with zero attached hydrogens (tertiary/aromatic N) is 2. The molecule has 0 aromatic carbocycles. The Morgan fingerprint density at radius 3 is 2.57 bits per heavy atom. The normalized spacial score (nSPS) is 16.9. The van der Waals surface area contributed by atoms with Crippen molar-refractivity contribution in [2.24, 2.45) is 5.41 Å². The maximum absolute atomic E-state index is 12.7. The highest BCUT2D eigenvalue weighted by molar-refractivity contribution is 5.52. The topological polar surface area (TPSA) is 68.9 Å². The molecule has 1 aliphatic carbocycles. The number of aliphatic hydroxyl groups excluding tert-OH is 1. The number of nitriles is 1. The van der Waals surface area contributed by atoms with Gasteiger partial charge in [0, 0.05) is 13.2 Å². The molecule has 0 spiro atoms. The van der Waals surface area contributed by atoms with Gasteiger partial charge in [-0.3, -0.25) is 0 Å². The molecule has 2 N–H and O–H groups in total. The van der Waals surface area contributed by atoms with Crippen LogP contribution in [0.3, 0.4) is 0 Å². The van der Waals surface area contributed by atoms with E-state index in [0.29, 0.717) is 13.0 Å². The van der Waals surface area contributed by atoms with Crippen molar-refractivity contribution in [3.63, 3.8) is 0 Å². The molecule has 0 aliphatic heterocycles. The maximum atomic E-state index is 12.7. The van der Waals surface area contributed by atoms with Gasteiger partial charge in [-0.1, -0.05) is 6.42 Å². The second-order valence-electron chi connectivity index (χ2n) is 5.38. The van der Waals surface area contributed by atoms with Crippen molar-refractivity contribution in [1.82, 2.24) is 4.98 Å². The first-order valence-electron chi connectivity index (χ1n) is 6.73. The molecule has 1 aromatic rings. The molecule has 1 aliphatic rings. The molecule has 114 valence electrons. The molecule has 1 heterocycles. The van der Waals surface area contributed by atoms with E-state index in [0.717, 1.165) is 31.4 Å². The average Bonchev–Trinajstić information content (AvgIpc) is 2.40. The summed E-state index contributed by atoms with van der Waals surface area (Å²) in [4.78, 5) is 3.52. The van der Waals surface area contributed by atoms with E-state index in [1.807, 2.05) is 6.07 Å². The van der Waals surface area contributed by atoms with Crippen LogP contribution in [0.5, 0.6) is 0 Å². The van der Waals surface area contributed by atoms with E-state index in [-0.39, 0.29) is 23.4 Å². The fourth-order valence-corrected chi connectivity index (χ4v) is 2.54. The number of rotatable bonds is 5. The summed E-state index contributed by atoms with van der Waals surface area (Å²) in [7, 11) is 0. The number of anilines is 1. The molecule has 1 saturated carbocycles. The predicted octanol–water partition coefficient (Wildman–Crippen LogP) is 2.94. The lowest BCUT2D eigenvalue weighted by Crippen LogP contribution is -2.37. The molecule has 4 nitrogen and oxygen atoms in total. The highest BCUT2D eigenvalue weighted by atomic mass is 19.4. The zero-order valence-electron chi connectivity index (χ0n) is 11.4. The number of aliphatic hydroxyl groups is 1. The number of hydrogen-bond donors (Lipinski definition) is 2.